The van der Waals surface area contributed by atoms with Crippen LogP contribution >= 0.6 is 0 Å². The van der Waals surface area contributed by atoms with Gasteiger partial charge in [-0.2, -0.15) is 0 Å². The van der Waals surface area contributed by atoms with Crippen LogP contribution < -0.4 is 10.5 Å². The Morgan fingerprint density at radius 3 is 1.60 bits per heavy atom. The average molecular weight is 671 g/mol. The van der Waals surface area contributed by atoms with Gasteiger partial charge in [-0.05, 0) is 32.0 Å². The van der Waals surface area contributed by atoms with E-state index in [1.165, 1.54) is 6.07 Å². The normalized spacial score (nSPS) is 23.1. The number of carbonyl (C=O) groups is 4. The molecule has 2 rings (SSSR count). The van der Waals surface area contributed by atoms with Gasteiger partial charge < -0.3 is 34.5 Å². The Hall–Kier alpha value is -2.37. The largest absolute Gasteiger partial charge is 0.478 e. The van der Waals surface area contributed by atoms with Gasteiger partial charge in [-0.15, -0.1) is 31.0 Å². The van der Waals surface area contributed by atoms with Gasteiger partial charge in [0.15, 0.2) is 11.7 Å². The highest BCUT2D eigenvalue weighted by Crippen LogP contribution is 2.47. The van der Waals surface area contributed by atoms with E-state index in [0.29, 0.717) is 0 Å². The number of carbonyl (C=O) groups excluding carboxylic acids is 3. The fraction of sp³-hybridized carbons (Fsp3) is 0.615. The number of ether oxygens (including phenoxy) is 5. The van der Waals surface area contributed by atoms with Crippen molar-refractivity contribution in [2.75, 3.05) is 12.3 Å². The lowest BCUT2D eigenvalue weighted by atomic mass is 9.22. The molecule has 26 heteroatoms. The van der Waals surface area contributed by atoms with Crippen molar-refractivity contribution in [3.63, 3.8) is 0 Å². The average Bonchev–Trinajstić information content (AvgIpc) is 2.90. The van der Waals surface area contributed by atoms with Crippen molar-refractivity contribution in [1.82, 2.24) is 0 Å². The highest BCUT2D eigenvalue weighted by molar-refractivity contribution is 6.68. The van der Waals surface area contributed by atoms with E-state index in [9.17, 15) is 24.3 Å². The van der Waals surface area contributed by atoms with Crippen LogP contribution in [0.25, 0.3) is 0 Å². The summed E-state index contributed by atoms with van der Waals surface area (Å²) >= 11 is 0. The predicted octanol–water partition coefficient (Wildman–Crippen LogP) is -3.51. The first kappa shape index (κ1) is 45.8. The first-order valence-electron chi connectivity index (χ1n) is 15.0. The van der Waals surface area contributed by atoms with Crippen LogP contribution in [-0.2, 0) is 33.3 Å². The van der Waals surface area contributed by atoms with E-state index in [1.54, 1.807) is 0 Å². The second-order valence-corrected chi connectivity index (χ2v) is 13.6. The molecule has 3 N–H and O–H groups in total. The number of aromatic carboxylic acids is 1. The van der Waals surface area contributed by atoms with Crippen LogP contribution in [0.1, 0.15) is 43.5 Å². The van der Waals surface area contributed by atoms with Gasteiger partial charge in [-0.25, -0.2) is 4.79 Å². The van der Waals surface area contributed by atoms with E-state index < -0.39 is 110 Å². The van der Waals surface area contributed by atoms with Crippen molar-refractivity contribution in [2.45, 2.75) is 87.7 Å². The Morgan fingerprint density at radius 1 is 0.750 bits per heavy atom. The first-order valence-corrected chi connectivity index (χ1v) is 15.0. The molecular weight excluding hydrogens is 648 g/mol. The van der Waals surface area contributed by atoms with Crippen LogP contribution in [0, 0.1) is 0 Å². The van der Waals surface area contributed by atoms with E-state index >= 15 is 0 Å². The number of hydrogen-bond donors (Lipinski definition) is 2. The maximum Gasteiger partial charge on any atom is 0.339 e. The van der Waals surface area contributed by atoms with Gasteiger partial charge in [0.05, 0.1) is 53.7 Å². The second kappa shape index (κ2) is 15.4. The van der Waals surface area contributed by atoms with E-state index in [0.717, 1.165) is 26.0 Å². The van der Waals surface area contributed by atoms with Gasteiger partial charge >= 0.3 is 23.9 Å². The van der Waals surface area contributed by atoms with Crippen LogP contribution in [0.2, 0.25) is 31.0 Å². The number of nitrogens with two attached hydrogens (primary N) is 1. The van der Waals surface area contributed by atoms with Crippen LogP contribution in [0.3, 0.4) is 0 Å². The number of anilines is 1. The molecule has 0 saturated carbocycles. The molecule has 1 aliphatic rings. The summed E-state index contributed by atoms with van der Waals surface area (Å²) in [7, 11) is 85.9. The Morgan fingerprint density at radius 2 is 1.17 bits per heavy atom. The summed E-state index contributed by atoms with van der Waals surface area (Å²) in [6.07, 6.45) is -6.94. The zero-order valence-corrected chi connectivity index (χ0v) is 28.6. The molecule has 236 valence electrons. The number of benzene rings is 1. The van der Waals surface area contributed by atoms with Gasteiger partial charge in [0, 0.05) is 95.6 Å². The second-order valence-electron chi connectivity index (χ2n) is 13.6. The molecule has 0 aromatic heterocycles. The monoisotopic (exact) mass is 673 g/mol. The van der Waals surface area contributed by atoms with Crippen molar-refractivity contribution in [3.05, 3.63) is 23.8 Å². The third-order valence-corrected chi connectivity index (χ3v) is 8.19. The number of esters is 3. The molecule has 1 saturated heterocycles. The molecule has 1 aromatic carbocycles. The molecule has 0 bridgehead atoms. The Kier molecular flexibility index (Phi) is 13.6. The Balaban J connectivity index is 2.80. The third-order valence-electron chi connectivity index (χ3n) is 8.19. The van der Waals surface area contributed by atoms with Crippen LogP contribution in [0.15, 0.2) is 18.2 Å². The zero-order chi connectivity index (χ0) is 40.7. The lowest BCUT2D eigenvalue weighted by Crippen LogP contribution is -2.71. The molecule has 52 heavy (non-hydrogen) atoms. The van der Waals surface area contributed by atoms with Gasteiger partial charge in [0.25, 0.3) is 0 Å². The highest BCUT2D eigenvalue weighted by Gasteiger charge is 2.64. The molecule has 11 nitrogen and oxygen atoms in total. The van der Waals surface area contributed by atoms with Crippen LogP contribution in [0.5, 0.6) is 5.75 Å². The summed E-state index contributed by atoms with van der Waals surface area (Å²) in [5.74, 6) is -5.79. The van der Waals surface area contributed by atoms with Gasteiger partial charge in [-0.3, -0.25) is 14.4 Å². The smallest absolute Gasteiger partial charge is 0.339 e. The summed E-state index contributed by atoms with van der Waals surface area (Å²) in [6.45, 7) is 1.47. The summed E-state index contributed by atoms with van der Waals surface area (Å²) < 4.78 is 28.9. The lowest BCUT2D eigenvalue weighted by molar-refractivity contribution is -0.320. The minimum Gasteiger partial charge on any atom is -0.478 e. The molecule has 30 radical (unpaired) electrons. The van der Waals surface area contributed by atoms with E-state index in [-0.39, 0.29) is 11.4 Å². The van der Waals surface area contributed by atoms with Crippen LogP contribution in [0.4, 0.5) is 5.69 Å². The molecule has 0 aliphatic carbocycles. The van der Waals surface area contributed by atoms with E-state index in [1.807, 2.05) is 0 Å². The molecule has 1 fully saturated rings. The Labute approximate surface area is 323 Å². The van der Waals surface area contributed by atoms with Crippen LogP contribution in [-0.4, -0.2) is 177 Å². The Bertz CT molecular complexity index is 1530. The number of carboxylic acid groups (broad SMARTS) is 1. The van der Waals surface area contributed by atoms with Crippen molar-refractivity contribution in [1.29, 1.82) is 0 Å². The van der Waals surface area contributed by atoms with Crippen molar-refractivity contribution < 1.29 is 48.0 Å². The fourth-order valence-electron chi connectivity index (χ4n) is 4.65. The minimum absolute atomic E-state index is 0.0287. The summed E-state index contributed by atoms with van der Waals surface area (Å²) in [5.41, 5.74) is 0.579. The molecule has 2 unspecified atom stereocenters. The van der Waals surface area contributed by atoms with Gasteiger partial charge in [0.1, 0.15) is 11.3 Å². The fourth-order valence-corrected chi connectivity index (χ4v) is 4.65. The quantitative estimate of drug-likeness (QED) is 0.0825. The summed E-state index contributed by atoms with van der Waals surface area (Å²) in [5, 5.41) is -4.21. The minimum atomic E-state index is -2.51. The predicted molar refractivity (Wildman–Crippen MR) is 203 cm³/mol. The van der Waals surface area contributed by atoms with Crippen molar-refractivity contribution in [3.8, 4) is 5.75 Å². The highest BCUT2D eigenvalue weighted by atomic mass is 16.7. The third kappa shape index (κ3) is 10.6. The zero-order valence-electron chi connectivity index (χ0n) is 28.6. The molecule has 1 heterocycles. The van der Waals surface area contributed by atoms with Crippen molar-refractivity contribution in [2.24, 2.45) is 0 Å². The molecular formula is C26H22B15NO10. The molecule has 1 aromatic rings. The summed E-state index contributed by atoms with van der Waals surface area (Å²) in [6, 6.07) is 3.47. The van der Waals surface area contributed by atoms with Gasteiger partial charge in [0.2, 0.25) is 11.9 Å². The number of hydrogen-bond acceptors (Lipinski definition) is 10. The molecule has 4 atom stereocenters. The van der Waals surface area contributed by atoms with E-state index in [4.69, 9.17) is 147 Å². The lowest BCUT2D eigenvalue weighted by Gasteiger charge is -2.52. The first-order chi connectivity index (χ1) is 23.1. The number of carboxylic acids is 1. The maximum atomic E-state index is 13.5. The molecule has 0 spiro atoms. The summed E-state index contributed by atoms with van der Waals surface area (Å²) in [4.78, 5) is 52.4. The number of rotatable bonds is 15. The number of nitrogen functional groups attached to an aromatic ring is 1. The van der Waals surface area contributed by atoms with E-state index in [2.05, 4.69) is 0 Å². The maximum absolute atomic E-state index is 13.5. The van der Waals surface area contributed by atoms with Crippen molar-refractivity contribution >= 4 is 147 Å². The van der Waals surface area contributed by atoms with Gasteiger partial charge in [-0.1, -0.05) is 0 Å². The molecule has 1 aliphatic heterocycles. The SMILES string of the molecule is [B]C([B])([B])C([B])([B])CC(=O)O[C@@H]1C(C)(OC(=O)CC([B])([B])C([B])([B])[B])CO[C@H](Oc2ccc(N)cc2C(=O)O)C1(C)OC(=O)CC([B])([B])C([B])([B])[B]. The molecule has 0 amide bonds. The standard InChI is InChI=1S/C26H22B15NO10/c1-19(51-14(44)7-22(29,30)25(36,37)38)9-48-18(49-12-4-3-10(42)5-11(12)16(46)47)20(2,52-15(45)8-23(31,32)26(39,40)41)17(19)50-13(43)6-21(27,28)24(33,34)35/h3-5,17-18H,6-9,42H2,1-2H3,(H,46,47)/t17-,18-,19?,20?/m1/s1. The topological polar surface area (TPSA) is 161 Å².